The fraction of sp³-hybridized carbons (Fsp3) is 0.261. The van der Waals surface area contributed by atoms with E-state index < -0.39 is 16.0 Å². The van der Waals surface area contributed by atoms with Crippen molar-refractivity contribution in [2.75, 3.05) is 0 Å². The van der Waals surface area contributed by atoms with Crippen LogP contribution in [0.25, 0.3) is 0 Å². The Balaban J connectivity index is 2.04. The zero-order valence-electron chi connectivity index (χ0n) is 17.1. The van der Waals surface area contributed by atoms with Crippen molar-refractivity contribution in [3.05, 3.63) is 87.6 Å². The summed E-state index contributed by atoms with van der Waals surface area (Å²) in [5, 5.41) is 23.9. The Bertz CT molecular complexity index is 1120. The fourth-order valence-electron chi connectivity index (χ4n) is 3.12. The molecule has 30 heavy (non-hydrogen) atoms. The van der Waals surface area contributed by atoms with Crippen LogP contribution in [-0.4, -0.2) is 14.1 Å². The Morgan fingerprint density at radius 3 is 2.37 bits per heavy atom. The maximum absolute atomic E-state index is 13.1. The number of hydrogen-bond acceptors (Lipinski definition) is 5. The van der Waals surface area contributed by atoms with Crippen molar-refractivity contribution in [1.82, 2.24) is 0 Å². The molecule has 0 aliphatic carbocycles. The van der Waals surface area contributed by atoms with Crippen LogP contribution < -0.4 is 10.2 Å². The molecular formula is C23H23NO4S2-2. The van der Waals surface area contributed by atoms with E-state index in [1.54, 1.807) is 12.1 Å². The summed E-state index contributed by atoms with van der Waals surface area (Å²) in [5.41, 5.74) is 2.55. The molecule has 5 nitrogen and oxygen atoms in total. The molecule has 3 rings (SSSR count). The molecule has 1 aliphatic heterocycles. The van der Waals surface area contributed by atoms with Gasteiger partial charge in [0.15, 0.2) is 0 Å². The van der Waals surface area contributed by atoms with E-state index in [0.717, 1.165) is 22.9 Å². The van der Waals surface area contributed by atoms with E-state index >= 15 is 0 Å². The summed E-state index contributed by atoms with van der Waals surface area (Å²) < 4.78 is 30.0. The smallest absolute Gasteiger partial charge is 0.283 e. The van der Waals surface area contributed by atoms with E-state index in [2.05, 4.69) is 25.2 Å². The van der Waals surface area contributed by atoms with Crippen molar-refractivity contribution in [3.63, 3.8) is 0 Å². The molecule has 0 radical (unpaired) electrons. The minimum absolute atomic E-state index is 0.0990. The molecule has 1 aliphatic rings. The minimum atomic E-state index is -4.10. The first-order valence-electron chi connectivity index (χ1n) is 9.52. The third-order valence-electron chi connectivity index (χ3n) is 4.78. The van der Waals surface area contributed by atoms with E-state index in [9.17, 15) is 18.6 Å². The predicted molar refractivity (Wildman–Crippen MR) is 117 cm³/mol. The Morgan fingerprint density at radius 2 is 1.73 bits per heavy atom. The van der Waals surface area contributed by atoms with Crippen molar-refractivity contribution in [1.29, 1.82) is 0 Å². The summed E-state index contributed by atoms with van der Waals surface area (Å²) in [4.78, 5) is -0.0994. The summed E-state index contributed by atoms with van der Waals surface area (Å²) in [6.45, 7) is 6.21. The van der Waals surface area contributed by atoms with Crippen LogP contribution in [0.1, 0.15) is 37.5 Å². The van der Waals surface area contributed by atoms with E-state index in [1.165, 1.54) is 11.5 Å². The number of rotatable bonds is 5. The van der Waals surface area contributed by atoms with Crippen molar-refractivity contribution < 1.29 is 18.6 Å². The second-order valence-corrected chi connectivity index (χ2v) is 10.5. The van der Waals surface area contributed by atoms with Crippen LogP contribution in [0.15, 0.2) is 80.2 Å². The standard InChI is InChI=1S/C23H25NO4S2/c1-23(2,3)18-11-12-20(17(15-18)10-9-16-7-5-4-6-8-16)30(27,28)24-19-13-14-29-21(19)22(25)26/h4-8,11-15,25-26H,9-10H2,1-3H3/p-2. The highest BCUT2D eigenvalue weighted by Gasteiger charge is 2.23. The van der Waals surface area contributed by atoms with Crippen LogP contribution in [0, 0.1) is 0 Å². The Kier molecular flexibility index (Phi) is 6.43. The largest absolute Gasteiger partial charge is 0.883 e. The predicted octanol–water partition coefficient (Wildman–Crippen LogP) is 3.05. The molecule has 0 spiro atoms. The van der Waals surface area contributed by atoms with Crippen LogP contribution >= 0.6 is 11.8 Å². The van der Waals surface area contributed by atoms with Gasteiger partial charge >= 0.3 is 0 Å². The molecule has 7 heteroatoms. The van der Waals surface area contributed by atoms with Crippen molar-refractivity contribution in [2.24, 2.45) is 4.40 Å². The maximum atomic E-state index is 13.1. The number of sulfonamides is 1. The van der Waals surface area contributed by atoms with Crippen LogP contribution in [0.5, 0.6) is 0 Å². The van der Waals surface area contributed by atoms with Gasteiger partial charge in [-0.05, 0) is 52.5 Å². The second-order valence-electron chi connectivity index (χ2n) is 8.05. The van der Waals surface area contributed by atoms with Crippen molar-refractivity contribution >= 4 is 27.5 Å². The first-order chi connectivity index (χ1) is 14.1. The highest BCUT2D eigenvalue weighted by atomic mass is 32.2. The number of benzene rings is 2. The molecule has 0 amide bonds. The quantitative estimate of drug-likeness (QED) is 0.665. The van der Waals surface area contributed by atoms with E-state index in [0.29, 0.717) is 18.4 Å². The molecule has 2 aromatic carbocycles. The lowest BCUT2D eigenvalue weighted by atomic mass is 9.85. The molecule has 0 N–H and O–H groups in total. The molecule has 0 fully saturated rings. The first kappa shape index (κ1) is 22.2. The Hall–Kier alpha value is -2.51. The topological polar surface area (TPSA) is 92.6 Å². The van der Waals surface area contributed by atoms with Gasteiger partial charge in [-0.2, -0.15) is 18.8 Å². The van der Waals surface area contributed by atoms with Gasteiger partial charge in [0, 0.05) is 4.91 Å². The monoisotopic (exact) mass is 441 g/mol. The van der Waals surface area contributed by atoms with Gasteiger partial charge in [0.1, 0.15) is 0 Å². The summed E-state index contributed by atoms with van der Waals surface area (Å²) in [6.07, 6.45) is 2.58. The van der Waals surface area contributed by atoms with Gasteiger partial charge in [-0.1, -0.05) is 75.0 Å². The van der Waals surface area contributed by atoms with Crippen LogP contribution in [0.4, 0.5) is 0 Å². The highest BCUT2D eigenvalue weighted by molar-refractivity contribution is 8.07. The molecule has 0 unspecified atom stereocenters. The number of aryl methyl sites for hydroxylation is 2. The fourth-order valence-corrected chi connectivity index (χ4v) is 5.09. The second kappa shape index (κ2) is 8.70. The molecule has 0 atom stereocenters. The summed E-state index contributed by atoms with van der Waals surface area (Å²) in [7, 11) is -4.10. The third-order valence-corrected chi connectivity index (χ3v) is 7.05. The number of allylic oxidation sites excluding steroid dienone is 2. The van der Waals surface area contributed by atoms with Crippen LogP contribution in [0.2, 0.25) is 0 Å². The Morgan fingerprint density at radius 1 is 1.03 bits per heavy atom. The van der Waals surface area contributed by atoms with Gasteiger partial charge in [0.05, 0.1) is 10.6 Å². The van der Waals surface area contributed by atoms with Gasteiger partial charge < -0.3 is 10.2 Å². The number of thioether (sulfide) groups is 1. The third kappa shape index (κ3) is 5.15. The normalized spacial score (nSPS) is 15.7. The van der Waals surface area contributed by atoms with Gasteiger partial charge in [-0.3, -0.25) is 0 Å². The zero-order valence-corrected chi connectivity index (χ0v) is 18.7. The maximum Gasteiger partial charge on any atom is 0.283 e. The lowest BCUT2D eigenvalue weighted by molar-refractivity contribution is -0.513. The summed E-state index contributed by atoms with van der Waals surface area (Å²) in [5.74, 6) is -1.44. The average Bonchev–Trinajstić information content (AvgIpc) is 3.14. The van der Waals surface area contributed by atoms with Gasteiger partial charge in [0.25, 0.3) is 10.0 Å². The summed E-state index contributed by atoms with van der Waals surface area (Å²) >= 11 is 0.891. The van der Waals surface area contributed by atoms with Crippen molar-refractivity contribution in [2.45, 2.75) is 43.9 Å². The van der Waals surface area contributed by atoms with Crippen LogP contribution in [-0.2, 0) is 28.3 Å². The van der Waals surface area contributed by atoms with E-state index in [-0.39, 0.29) is 20.9 Å². The van der Waals surface area contributed by atoms with Crippen molar-refractivity contribution in [3.8, 4) is 0 Å². The average molecular weight is 442 g/mol. The molecule has 158 valence electrons. The highest BCUT2D eigenvalue weighted by Crippen LogP contribution is 2.31. The Labute approximate surface area is 181 Å². The zero-order chi connectivity index (χ0) is 21.9. The molecular weight excluding hydrogens is 418 g/mol. The first-order valence-corrected chi connectivity index (χ1v) is 11.8. The molecule has 0 saturated heterocycles. The van der Waals surface area contributed by atoms with Crippen LogP contribution in [0.3, 0.4) is 0 Å². The SMILES string of the molecule is CC(C)(C)c1ccc(S(=O)(=O)N=C2C=CSC2=C([O-])[O-])c(CCc2ccccc2)c1. The molecule has 0 bridgehead atoms. The number of hydrogen-bond donors (Lipinski definition) is 0. The van der Waals surface area contributed by atoms with Gasteiger partial charge in [-0.15, -0.1) is 0 Å². The lowest BCUT2D eigenvalue weighted by Crippen LogP contribution is -2.22. The van der Waals surface area contributed by atoms with E-state index in [1.807, 2.05) is 36.4 Å². The molecule has 1 heterocycles. The lowest BCUT2D eigenvalue weighted by Gasteiger charge is -2.22. The molecule has 0 aromatic heterocycles. The molecule has 0 saturated carbocycles. The van der Waals surface area contributed by atoms with Gasteiger partial charge in [-0.25, -0.2) is 0 Å². The van der Waals surface area contributed by atoms with E-state index in [4.69, 9.17) is 0 Å². The minimum Gasteiger partial charge on any atom is -0.883 e. The molecule has 2 aromatic rings. The number of nitrogens with zero attached hydrogens (tertiary/aromatic N) is 1. The van der Waals surface area contributed by atoms with Gasteiger partial charge in [0.2, 0.25) is 0 Å². The summed E-state index contributed by atoms with van der Waals surface area (Å²) in [6, 6.07) is 15.1.